The minimum atomic E-state index is 0.547. The van der Waals surface area contributed by atoms with Gasteiger partial charge in [0.25, 0.3) is 0 Å². The first-order chi connectivity index (χ1) is 6.72. The Hall–Kier alpha value is -1.46. The molecule has 1 atom stereocenters. The Kier molecular flexibility index (Phi) is 2.18. The van der Waals surface area contributed by atoms with Crippen molar-refractivity contribution in [2.24, 2.45) is 5.92 Å². The summed E-state index contributed by atoms with van der Waals surface area (Å²) in [6.07, 6.45) is 3.29. The zero-order chi connectivity index (χ0) is 10.1. The summed E-state index contributed by atoms with van der Waals surface area (Å²) >= 11 is 0. The van der Waals surface area contributed by atoms with Crippen molar-refractivity contribution >= 4 is 17.0 Å². The molecule has 0 spiro atoms. The zero-order valence-corrected chi connectivity index (χ0v) is 8.67. The molecule has 0 amide bonds. The fourth-order valence-corrected chi connectivity index (χ4v) is 1.96. The van der Waals surface area contributed by atoms with Crippen molar-refractivity contribution in [2.75, 3.05) is 5.73 Å². The van der Waals surface area contributed by atoms with Crippen molar-refractivity contribution in [3.63, 3.8) is 0 Å². The molecule has 2 rings (SSSR count). The molecule has 72 valence electrons. The highest BCUT2D eigenvalue weighted by Crippen LogP contribution is 2.16. The van der Waals surface area contributed by atoms with Gasteiger partial charge in [-0.15, -0.1) is 5.73 Å². The molecule has 0 aromatic heterocycles. The number of hydrogen-bond donors (Lipinski definition) is 1. The predicted molar refractivity (Wildman–Crippen MR) is 60.9 cm³/mol. The molecule has 1 nitrogen and oxygen atoms in total. The van der Waals surface area contributed by atoms with E-state index in [0.29, 0.717) is 5.92 Å². The average Bonchev–Trinajstić information content (AvgIpc) is 2.18. The molecule has 1 unspecified atom stereocenters. The minimum Gasteiger partial charge on any atom is -0.399 e. The van der Waals surface area contributed by atoms with E-state index in [1.165, 1.54) is 10.8 Å². The zero-order valence-electron chi connectivity index (χ0n) is 8.67. The van der Waals surface area contributed by atoms with Crippen LogP contribution in [0.3, 0.4) is 0 Å². The summed E-state index contributed by atoms with van der Waals surface area (Å²) in [4.78, 5) is 0. The highest BCUT2D eigenvalue weighted by Gasteiger charge is 2.08. The van der Waals surface area contributed by atoms with E-state index in [1.54, 1.807) is 0 Å². The Morgan fingerprint density at radius 1 is 1.43 bits per heavy atom. The summed E-state index contributed by atoms with van der Waals surface area (Å²) in [7, 11) is 0. The third kappa shape index (κ3) is 1.36. The van der Waals surface area contributed by atoms with E-state index in [2.05, 4.69) is 31.7 Å². The topological polar surface area (TPSA) is 26.0 Å². The van der Waals surface area contributed by atoms with Crippen LogP contribution in [0.4, 0.5) is 5.69 Å². The normalized spacial score (nSPS) is 19.0. The molecule has 0 heterocycles. The van der Waals surface area contributed by atoms with Crippen molar-refractivity contribution in [2.45, 2.75) is 20.3 Å². The summed E-state index contributed by atoms with van der Waals surface area (Å²) in [5.41, 5.74) is 11.3. The number of hydrogen-bond acceptors (Lipinski definition) is 1. The van der Waals surface area contributed by atoms with Crippen LogP contribution in [-0.4, -0.2) is 0 Å². The van der Waals surface area contributed by atoms with E-state index >= 15 is 0 Å². The Bertz CT molecular complexity index is 505. The van der Waals surface area contributed by atoms with Gasteiger partial charge in [-0.1, -0.05) is 18.6 Å². The van der Waals surface area contributed by atoms with Crippen LogP contribution >= 0.6 is 0 Å². The lowest BCUT2D eigenvalue weighted by Gasteiger charge is -2.12. The first-order valence-corrected chi connectivity index (χ1v) is 5.05. The molecule has 1 heteroatoms. The van der Waals surface area contributed by atoms with E-state index in [9.17, 15) is 0 Å². The molecule has 1 aliphatic carbocycles. The smallest absolute Gasteiger partial charge is 0.0326 e. The first kappa shape index (κ1) is 9.11. The van der Waals surface area contributed by atoms with E-state index in [1.807, 2.05) is 12.1 Å². The number of allylic oxidation sites excluding steroid dienone is 1. The summed E-state index contributed by atoms with van der Waals surface area (Å²) in [6.45, 7) is 4.40. The Morgan fingerprint density at radius 2 is 2.21 bits per heavy atom. The number of nitrogen functional groups attached to an aromatic ring is 1. The molecule has 0 radical (unpaired) electrons. The Morgan fingerprint density at radius 3 is 2.93 bits per heavy atom. The van der Waals surface area contributed by atoms with Gasteiger partial charge < -0.3 is 5.73 Å². The molecule has 1 aromatic rings. The molecule has 0 saturated carbocycles. The lowest BCUT2D eigenvalue weighted by molar-refractivity contribution is 0.783. The van der Waals surface area contributed by atoms with Crippen LogP contribution in [0.5, 0.6) is 0 Å². The van der Waals surface area contributed by atoms with Crippen LogP contribution in [0, 0.1) is 5.92 Å². The summed E-state index contributed by atoms with van der Waals surface area (Å²) in [5.74, 6) is 0.547. The Labute approximate surface area is 84.3 Å². The Balaban J connectivity index is 2.79. The maximum atomic E-state index is 5.73. The fraction of sp³-hybridized carbons (Fsp3) is 0.308. The van der Waals surface area contributed by atoms with Gasteiger partial charge in [-0.25, -0.2) is 0 Å². The highest BCUT2D eigenvalue weighted by molar-refractivity contribution is 5.55. The van der Waals surface area contributed by atoms with Crippen LogP contribution in [0.2, 0.25) is 0 Å². The van der Waals surface area contributed by atoms with Gasteiger partial charge in [0, 0.05) is 16.8 Å². The number of rotatable bonds is 1. The highest BCUT2D eigenvalue weighted by atomic mass is 14.5. The molecule has 0 aliphatic heterocycles. The largest absolute Gasteiger partial charge is 0.399 e. The second-order valence-corrected chi connectivity index (χ2v) is 3.81. The minimum absolute atomic E-state index is 0.547. The van der Waals surface area contributed by atoms with Crippen molar-refractivity contribution in [1.29, 1.82) is 0 Å². The molecule has 0 fully saturated rings. The predicted octanol–water partition coefficient (Wildman–Crippen LogP) is 1.41. The number of nitrogens with two attached hydrogens (primary N) is 1. The van der Waals surface area contributed by atoms with Crippen LogP contribution in [-0.2, 0) is 0 Å². The molecule has 14 heavy (non-hydrogen) atoms. The van der Waals surface area contributed by atoms with Crippen molar-refractivity contribution in [3.05, 3.63) is 34.7 Å². The molecular formula is C13H15N. The van der Waals surface area contributed by atoms with Crippen molar-refractivity contribution < 1.29 is 0 Å². The van der Waals surface area contributed by atoms with Gasteiger partial charge in [-0.3, -0.25) is 0 Å². The van der Waals surface area contributed by atoms with Crippen LogP contribution in [0.25, 0.3) is 11.3 Å². The van der Waals surface area contributed by atoms with E-state index < -0.39 is 0 Å². The third-order valence-corrected chi connectivity index (χ3v) is 2.90. The summed E-state index contributed by atoms with van der Waals surface area (Å²) in [6, 6.07) is 6.05. The molecule has 0 bridgehead atoms. The molecule has 0 saturated heterocycles. The van der Waals surface area contributed by atoms with Gasteiger partial charge in [0.15, 0.2) is 0 Å². The fourth-order valence-electron chi connectivity index (χ4n) is 1.96. The molecule has 2 N–H and O–H groups in total. The lowest BCUT2D eigenvalue weighted by Crippen LogP contribution is -2.29. The van der Waals surface area contributed by atoms with Crippen molar-refractivity contribution in [3.8, 4) is 0 Å². The third-order valence-electron chi connectivity index (χ3n) is 2.90. The van der Waals surface area contributed by atoms with Gasteiger partial charge in [0.1, 0.15) is 0 Å². The molecule has 1 aromatic carbocycles. The summed E-state index contributed by atoms with van der Waals surface area (Å²) in [5, 5.41) is 2.43. The first-order valence-electron chi connectivity index (χ1n) is 5.05. The number of benzene rings is 1. The van der Waals surface area contributed by atoms with Crippen LogP contribution < -0.4 is 16.2 Å². The van der Waals surface area contributed by atoms with E-state index in [-0.39, 0.29) is 0 Å². The SMILES string of the molecule is CCC1C=C=c2cc(N)ccc2=C1C. The quantitative estimate of drug-likeness (QED) is 0.658. The lowest BCUT2D eigenvalue weighted by atomic mass is 9.92. The maximum Gasteiger partial charge on any atom is 0.0326 e. The van der Waals surface area contributed by atoms with E-state index in [4.69, 9.17) is 5.73 Å². The second kappa shape index (κ2) is 3.36. The maximum absolute atomic E-state index is 5.73. The second-order valence-electron chi connectivity index (χ2n) is 3.81. The molecule has 1 aliphatic rings. The van der Waals surface area contributed by atoms with Gasteiger partial charge in [0.05, 0.1) is 0 Å². The van der Waals surface area contributed by atoms with Gasteiger partial charge in [-0.2, -0.15) is 0 Å². The van der Waals surface area contributed by atoms with Crippen molar-refractivity contribution in [1.82, 2.24) is 0 Å². The molecular weight excluding hydrogens is 170 g/mol. The standard InChI is InChI=1S/C13H15N/c1-3-10-4-5-11-8-12(14)6-7-13(11)9(10)2/h4,6-8,10H,3,14H2,1-2H3. The monoisotopic (exact) mass is 185 g/mol. The van der Waals surface area contributed by atoms with Gasteiger partial charge >= 0.3 is 0 Å². The van der Waals surface area contributed by atoms with Crippen LogP contribution in [0.1, 0.15) is 20.3 Å². The van der Waals surface area contributed by atoms with Gasteiger partial charge in [-0.05, 0) is 36.8 Å². The van der Waals surface area contributed by atoms with Gasteiger partial charge in [0.2, 0.25) is 0 Å². The van der Waals surface area contributed by atoms with Crippen LogP contribution in [0.15, 0.2) is 24.3 Å². The summed E-state index contributed by atoms with van der Waals surface area (Å²) < 4.78 is 0. The van der Waals surface area contributed by atoms with E-state index in [0.717, 1.165) is 17.3 Å². The number of anilines is 1. The number of fused-ring (bicyclic) bond motifs is 1. The average molecular weight is 185 g/mol.